The lowest BCUT2D eigenvalue weighted by atomic mass is 10.1. The van der Waals surface area contributed by atoms with Crippen LogP contribution in [0.4, 0.5) is 5.69 Å². The molecule has 1 aliphatic rings. The zero-order chi connectivity index (χ0) is 14.8. The van der Waals surface area contributed by atoms with Gasteiger partial charge < -0.3 is 5.32 Å². The van der Waals surface area contributed by atoms with Gasteiger partial charge >= 0.3 is 0 Å². The van der Waals surface area contributed by atoms with Crippen LogP contribution in [-0.4, -0.2) is 37.6 Å². The number of hydrogen-bond acceptors (Lipinski definition) is 3. The molecule has 1 aliphatic heterocycles. The molecule has 0 radical (unpaired) electrons. The fourth-order valence-corrected chi connectivity index (χ4v) is 3.89. The van der Waals surface area contributed by atoms with Crippen molar-refractivity contribution in [2.45, 2.75) is 39.7 Å². The van der Waals surface area contributed by atoms with Crippen molar-refractivity contribution < 1.29 is 8.42 Å². The summed E-state index contributed by atoms with van der Waals surface area (Å²) < 4.78 is 25.2. The summed E-state index contributed by atoms with van der Waals surface area (Å²) in [6.07, 6.45) is 1.73. The molecule has 20 heavy (non-hydrogen) atoms. The van der Waals surface area contributed by atoms with Crippen LogP contribution in [0.25, 0.3) is 0 Å². The zero-order valence-electron chi connectivity index (χ0n) is 12.5. The van der Waals surface area contributed by atoms with Crippen LogP contribution in [0.1, 0.15) is 30.9 Å². The molecule has 1 N–H and O–H groups in total. The Balaban J connectivity index is 1.95. The summed E-state index contributed by atoms with van der Waals surface area (Å²) in [4.78, 5) is 0. The van der Waals surface area contributed by atoms with Crippen LogP contribution in [0.5, 0.6) is 0 Å². The first-order valence-corrected chi connectivity index (χ1v) is 8.84. The van der Waals surface area contributed by atoms with Crippen molar-refractivity contribution >= 4 is 15.7 Å². The molecular weight excluding hydrogens is 272 g/mol. The van der Waals surface area contributed by atoms with E-state index in [2.05, 4.69) is 37.4 Å². The highest BCUT2D eigenvalue weighted by atomic mass is 32.2. The molecule has 1 heterocycles. The Bertz CT molecular complexity index is 541. The second-order valence-electron chi connectivity index (χ2n) is 5.59. The smallest absolute Gasteiger partial charge is 0.213 e. The summed E-state index contributed by atoms with van der Waals surface area (Å²) >= 11 is 0. The first-order valence-electron chi connectivity index (χ1n) is 7.23. The zero-order valence-corrected chi connectivity index (χ0v) is 13.3. The lowest BCUT2D eigenvalue weighted by Gasteiger charge is -2.32. The fourth-order valence-electron chi connectivity index (χ4n) is 2.75. The van der Waals surface area contributed by atoms with Gasteiger partial charge in [0.25, 0.3) is 0 Å². The van der Waals surface area contributed by atoms with Gasteiger partial charge in [-0.15, -0.1) is 0 Å². The lowest BCUT2D eigenvalue weighted by Crippen LogP contribution is -2.42. The van der Waals surface area contributed by atoms with E-state index in [-0.39, 0.29) is 5.75 Å². The molecule has 0 unspecified atom stereocenters. The van der Waals surface area contributed by atoms with Gasteiger partial charge in [-0.25, -0.2) is 12.7 Å². The molecule has 2 rings (SSSR count). The number of aryl methyl sites for hydroxylation is 2. The van der Waals surface area contributed by atoms with E-state index in [0.29, 0.717) is 19.1 Å². The molecule has 5 heteroatoms. The number of sulfonamides is 1. The van der Waals surface area contributed by atoms with Crippen LogP contribution in [0, 0.1) is 13.8 Å². The Morgan fingerprint density at radius 2 is 1.70 bits per heavy atom. The van der Waals surface area contributed by atoms with Gasteiger partial charge in [0.2, 0.25) is 10.0 Å². The first kappa shape index (κ1) is 15.3. The maximum absolute atomic E-state index is 11.8. The summed E-state index contributed by atoms with van der Waals surface area (Å²) in [6, 6.07) is 6.80. The summed E-state index contributed by atoms with van der Waals surface area (Å²) in [7, 11) is -3.03. The highest BCUT2D eigenvalue weighted by Gasteiger charge is 2.26. The minimum atomic E-state index is -3.03. The largest absolute Gasteiger partial charge is 0.382 e. The monoisotopic (exact) mass is 296 g/mol. The maximum atomic E-state index is 11.8. The third-order valence-electron chi connectivity index (χ3n) is 3.80. The van der Waals surface area contributed by atoms with Gasteiger partial charge in [0.15, 0.2) is 0 Å². The predicted molar refractivity (Wildman–Crippen MR) is 83.6 cm³/mol. The van der Waals surface area contributed by atoms with Crippen LogP contribution < -0.4 is 5.32 Å². The fraction of sp³-hybridized carbons (Fsp3) is 0.600. The molecule has 1 fully saturated rings. The maximum Gasteiger partial charge on any atom is 0.213 e. The van der Waals surface area contributed by atoms with Gasteiger partial charge in [-0.1, -0.05) is 6.07 Å². The summed E-state index contributed by atoms with van der Waals surface area (Å²) in [5, 5.41) is 3.53. The molecule has 0 saturated carbocycles. The number of hydrogen-bond donors (Lipinski definition) is 1. The summed E-state index contributed by atoms with van der Waals surface area (Å²) in [5.41, 5.74) is 3.64. The third-order valence-corrected chi connectivity index (χ3v) is 5.69. The van der Waals surface area contributed by atoms with Gasteiger partial charge in [-0.3, -0.25) is 0 Å². The summed E-state index contributed by atoms with van der Waals surface area (Å²) in [5.74, 6) is 0.197. The number of rotatable bonds is 4. The average Bonchev–Trinajstić information content (AvgIpc) is 2.38. The van der Waals surface area contributed by atoms with E-state index in [1.807, 2.05) is 0 Å². The standard InChI is InChI=1S/C15H24N2O2S/c1-4-20(18,19)17-7-5-14(6-8-17)16-15-10-12(2)9-13(3)11-15/h9-11,14,16H,4-8H2,1-3H3. The SMILES string of the molecule is CCS(=O)(=O)N1CCC(Nc2cc(C)cc(C)c2)CC1. The Labute approximate surface area is 122 Å². The van der Waals surface area contributed by atoms with E-state index in [1.54, 1.807) is 11.2 Å². The van der Waals surface area contributed by atoms with E-state index in [1.165, 1.54) is 11.1 Å². The van der Waals surface area contributed by atoms with Crippen molar-refractivity contribution in [2.75, 3.05) is 24.2 Å². The Morgan fingerprint density at radius 3 is 2.20 bits per heavy atom. The first-order chi connectivity index (χ1) is 9.40. The predicted octanol–water partition coefficient (Wildman–Crippen LogP) is 2.53. The van der Waals surface area contributed by atoms with E-state index in [0.717, 1.165) is 18.5 Å². The van der Waals surface area contributed by atoms with Crippen molar-refractivity contribution in [3.63, 3.8) is 0 Å². The number of benzene rings is 1. The Hall–Kier alpha value is -1.07. The second-order valence-corrected chi connectivity index (χ2v) is 7.85. The second kappa shape index (κ2) is 6.14. The van der Waals surface area contributed by atoms with Crippen LogP contribution >= 0.6 is 0 Å². The van der Waals surface area contributed by atoms with Crippen molar-refractivity contribution in [1.82, 2.24) is 4.31 Å². The van der Waals surface area contributed by atoms with Crippen molar-refractivity contribution in [3.8, 4) is 0 Å². The van der Waals surface area contributed by atoms with Crippen molar-refractivity contribution in [3.05, 3.63) is 29.3 Å². The van der Waals surface area contributed by atoms with Crippen molar-refractivity contribution in [2.24, 2.45) is 0 Å². The van der Waals surface area contributed by atoms with Gasteiger partial charge in [0.1, 0.15) is 0 Å². The minimum Gasteiger partial charge on any atom is -0.382 e. The molecule has 4 nitrogen and oxygen atoms in total. The van der Waals surface area contributed by atoms with Crippen LogP contribution in [0.3, 0.4) is 0 Å². The number of nitrogens with one attached hydrogen (secondary N) is 1. The molecule has 112 valence electrons. The molecule has 0 spiro atoms. The Kier molecular flexibility index (Phi) is 4.70. The van der Waals surface area contributed by atoms with Gasteiger partial charge in [0, 0.05) is 24.8 Å². The summed E-state index contributed by atoms with van der Waals surface area (Å²) in [6.45, 7) is 7.13. The van der Waals surface area contributed by atoms with Gasteiger partial charge in [-0.2, -0.15) is 0 Å². The molecule has 0 bridgehead atoms. The highest BCUT2D eigenvalue weighted by Crippen LogP contribution is 2.20. The minimum absolute atomic E-state index is 0.197. The van der Waals surface area contributed by atoms with Gasteiger partial charge in [0.05, 0.1) is 5.75 Å². The Morgan fingerprint density at radius 1 is 1.15 bits per heavy atom. The molecular formula is C15H24N2O2S. The quantitative estimate of drug-likeness (QED) is 0.929. The molecule has 1 aromatic carbocycles. The van der Waals surface area contributed by atoms with E-state index < -0.39 is 10.0 Å². The molecule has 1 aromatic rings. The van der Waals surface area contributed by atoms with Crippen LogP contribution in [-0.2, 0) is 10.0 Å². The van der Waals surface area contributed by atoms with Crippen molar-refractivity contribution in [1.29, 1.82) is 0 Å². The molecule has 0 aliphatic carbocycles. The van der Waals surface area contributed by atoms with Gasteiger partial charge in [-0.05, 0) is 56.9 Å². The van der Waals surface area contributed by atoms with Crippen LogP contribution in [0.2, 0.25) is 0 Å². The average molecular weight is 296 g/mol. The number of anilines is 1. The molecule has 0 atom stereocenters. The topological polar surface area (TPSA) is 49.4 Å². The third kappa shape index (κ3) is 3.73. The molecule has 1 saturated heterocycles. The van der Waals surface area contributed by atoms with Crippen LogP contribution in [0.15, 0.2) is 18.2 Å². The van der Waals surface area contributed by atoms with E-state index in [9.17, 15) is 8.42 Å². The number of nitrogens with zero attached hydrogens (tertiary/aromatic N) is 1. The van der Waals surface area contributed by atoms with E-state index >= 15 is 0 Å². The van der Waals surface area contributed by atoms with E-state index in [4.69, 9.17) is 0 Å². The molecule has 0 aromatic heterocycles. The lowest BCUT2D eigenvalue weighted by molar-refractivity contribution is 0.330. The highest BCUT2D eigenvalue weighted by molar-refractivity contribution is 7.89. The number of piperidine rings is 1. The molecule has 0 amide bonds. The normalized spacial score (nSPS) is 18.1.